The van der Waals surface area contributed by atoms with Crippen LogP contribution in [0.2, 0.25) is 5.02 Å². The molecule has 3 rings (SSSR count). The van der Waals surface area contributed by atoms with Gasteiger partial charge in [0, 0.05) is 10.9 Å². The molecule has 0 radical (unpaired) electrons. The highest BCUT2D eigenvalue weighted by atomic mass is 35.5. The molecule has 0 aliphatic heterocycles. The van der Waals surface area contributed by atoms with Crippen molar-refractivity contribution < 1.29 is 13.6 Å². The molecule has 0 aliphatic carbocycles. The summed E-state index contributed by atoms with van der Waals surface area (Å²) in [6.07, 6.45) is -0.0161. The first-order chi connectivity index (χ1) is 11.5. The summed E-state index contributed by atoms with van der Waals surface area (Å²) in [6.45, 7) is 0. The molecule has 122 valence electrons. The number of halogens is 3. The second-order valence-electron chi connectivity index (χ2n) is 4.98. The average Bonchev–Trinajstić information content (AvgIpc) is 3.00. The Balaban J connectivity index is 1.70. The fourth-order valence-corrected chi connectivity index (χ4v) is 3.09. The number of carbonyl (C=O) groups excluding carboxylic acids is 1. The molecule has 0 fully saturated rings. The van der Waals surface area contributed by atoms with Crippen molar-refractivity contribution in [2.75, 3.05) is 5.32 Å². The highest BCUT2D eigenvalue weighted by Gasteiger charge is 2.12. The predicted octanol–water partition coefficient (Wildman–Crippen LogP) is 4.92. The van der Waals surface area contributed by atoms with Crippen molar-refractivity contribution in [3.8, 4) is 10.6 Å². The monoisotopic (exact) mass is 364 g/mol. The molecular weight excluding hydrogens is 354 g/mol. The second kappa shape index (κ2) is 7.07. The smallest absolute Gasteiger partial charge is 0.230 e. The zero-order valence-electron chi connectivity index (χ0n) is 12.2. The molecule has 1 aromatic heterocycles. The lowest BCUT2D eigenvalue weighted by atomic mass is 10.2. The van der Waals surface area contributed by atoms with E-state index in [1.54, 1.807) is 23.6 Å². The van der Waals surface area contributed by atoms with Crippen molar-refractivity contribution in [1.82, 2.24) is 4.98 Å². The summed E-state index contributed by atoms with van der Waals surface area (Å²) in [5, 5.41) is 4.74. The number of nitrogens with one attached hydrogen (secondary N) is 1. The van der Waals surface area contributed by atoms with Crippen LogP contribution in [0.1, 0.15) is 5.69 Å². The van der Waals surface area contributed by atoms with Crippen LogP contribution < -0.4 is 5.32 Å². The summed E-state index contributed by atoms with van der Waals surface area (Å²) in [6, 6.07) is 10.4. The Kier molecular flexibility index (Phi) is 4.87. The van der Waals surface area contributed by atoms with E-state index in [0.717, 1.165) is 0 Å². The van der Waals surface area contributed by atoms with E-state index in [1.807, 2.05) is 0 Å². The quantitative estimate of drug-likeness (QED) is 0.713. The minimum absolute atomic E-state index is 0.0161. The molecule has 0 saturated heterocycles. The van der Waals surface area contributed by atoms with Gasteiger partial charge in [0.15, 0.2) is 5.82 Å². The van der Waals surface area contributed by atoms with Gasteiger partial charge in [0.05, 0.1) is 22.8 Å². The summed E-state index contributed by atoms with van der Waals surface area (Å²) in [5.41, 5.74) is 1.19. The van der Waals surface area contributed by atoms with Gasteiger partial charge in [0.2, 0.25) is 5.91 Å². The molecule has 0 aliphatic rings. The highest BCUT2D eigenvalue weighted by Crippen LogP contribution is 2.25. The molecule has 0 atom stereocenters. The maximum absolute atomic E-state index is 13.8. The Labute approximate surface area is 145 Å². The van der Waals surface area contributed by atoms with E-state index in [4.69, 9.17) is 11.6 Å². The molecule has 0 spiro atoms. The van der Waals surface area contributed by atoms with Crippen LogP contribution in [0.4, 0.5) is 14.5 Å². The third-order valence-corrected chi connectivity index (χ3v) is 4.42. The molecule has 0 saturated carbocycles. The van der Waals surface area contributed by atoms with Crippen LogP contribution >= 0.6 is 22.9 Å². The summed E-state index contributed by atoms with van der Waals surface area (Å²) in [4.78, 5) is 16.3. The third kappa shape index (κ3) is 3.77. The second-order valence-corrected chi connectivity index (χ2v) is 6.25. The van der Waals surface area contributed by atoms with Crippen LogP contribution in [0, 0.1) is 11.6 Å². The van der Waals surface area contributed by atoms with Gasteiger partial charge in [-0.1, -0.05) is 29.8 Å². The van der Waals surface area contributed by atoms with E-state index in [2.05, 4.69) is 10.3 Å². The van der Waals surface area contributed by atoms with Crippen LogP contribution in [0.25, 0.3) is 10.6 Å². The zero-order valence-corrected chi connectivity index (χ0v) is 13.8. The van der Waals surface area contributed by atoms with Gasteiger partial charge in [-0.25, -0.2) is 13.8 Å². The molecule has 7 heteroatoms. The van der Waals surface area contributed by atoms with E-state index in [9.17, 15) is 13.6 Å². The van der Waals surface area contributed by atoms with Crippen molar-refractivity contribution in [3.05, 3.63) is 70.2 Å². The van der Waals surface area contributed by atoms with Crippen LogP contribution in [-0.4, -0.2) is 10.9 Å². The van der Waals surface area contributed by atoms with Crippen molar-refractivity contribution in [1.29, 1.82) is 0 Å². The first kappa shape index (κ1) is 16.5. The molecule has 0 bridgehead atoms. The van der Waals surface area contributed by atoms with Crippen molar-refractivity contribution >= 4 is 34.5 Å². The van der Waals surface area contributed by atoms with Gasteiger partial charge in [0.1, 0.15) is 10.8 Å². The first-order valence-electron chi connectivity index (χ1n) is 6.97. The lowest BCUT2D eigenvalue weighted by Gasteiger charge is -2.06. The normalized spacial score (nSPS) is 10.6. The van der Waals surface area contributed by atoms with Gasteiger partial charge in [-0.15, -0.1) is 11.3 Å². The lowest BCUT2D eigenvalue weighted by Crippen LogP contribution is -2.15. The Morgan fingerprint density at radius 3 is 2.79 bits per heavy atom. The Bertz CT molecular complexity index is 898. The molecule has 3 nitrogen and oxygen atoms in total. The number of anilines is 1. The van der Waals surface area contributed by atoms with Gasteiger partial charge in [-0.2, -0.15) is 0 Å². The van der Waals surface area contributed by atoms with Gasteiger partial charge < -0.3 is 5.32 Å². The molecule has 24 heavy (non-hydrogen) atoms. The number of thiazole rings is 1. The van der Waals surface area contributed by atoms with Gasteiger partial charge in [-0.05, 0) is 24.3 Å². The number of hydrogen-bond donors (Lipinski definition) is 1. The van der Waals surface area contributed by atoms with Gasteiger partial charge in [0.25, 0.3) is 0 Å². The van der Waals surface area contributed by atoms with E-state index in [1.165, 1.54) is 35.6 Å². The minimum atomic E-state index is -0.675. The van der Waals surface area contributed by atoms with Crippen molar-refractivity contribution in [2.45, 2.75) is 6.42 Å². The molecule has 0 unspecified atom stereocenters. The van der Waals surface area contributed by atoms with E-state index >= 15 is 0 Å². The minimum Gasteiger partial charge on any atom is -0.323 e. The van der Waals surface area contributed by atoms with E-state index in [-0.39, 0.29) is 22.9 Å². The van der Waals surface area contributed by atoms with Crippen molar-refractivity contribution in [3.63, 3.8) is 0 Å². The van der Waals surface area contributed by atoms with Gasteiger partial charge >= 0.3 is 0 Å². The fraction of sp³-hybridized carbons (Fsp3) is 0.0588. The maximum Gasteiger partial charge on any atom is 0.230 e. The Morgan fingerprint density at radius 1 is 1.21 bits per heavy atom. The highest BCUT2D eigenvalue weighted by molar-refractivity contribution is 7.13. The summed E-state index contributed by atoms with van der Waals surface area (Å²) >= 11 is 6.99. The number of aromatic nitrogens is 1. The SMILES string of the molecule is O=C(Cc1csc(-c2cccc(F)c2)n1)Nc1cccc(Cl)c1F. The standard InChI is InChI=1S/C17H11ClF2N2OS/c18-13-5-2-6-14(16(13)20)22-15(23)8-12-9-24-17(21-12)10-3-1-4-11(19)7-10/h1-7,9H,8H2,(H,22,23). The summed E-state index contributed by atoms with van der Waals surface area (Å²) < 4.78 is 27.0. The van der Waals surface area contributed by atoms with E-state index in [0.29, 0.717) is 16.3 Å². The summed E-state index contributed by atoms with van der Waals surface area (Å²) in [7, 11) is 0. The van der Waals surface area contributed by atoms with E-state index < -0.39 is 11.7 Å². The number of benzene rings is 2. The molecule has 1 heterocycles. The largest absolute Gasteiger partial charge is 0.323 e. The van der Waals surface area contributed by atoms with Crippen LogP contribution in [-0.2, 0) is 11.2 Å². The number of rotatable bonds is 4. The van der Waals surface area contributed by atoms with Gasteiger partial charge in [-0.3, -0.25) is 4.79 Å². The first-order valence-corrected chi connectivity index (χ1v) is 8.23. The predicted molar refractivity (Wildman–Crippen MR) is 91.3 cm³/mol. The van der Waals surface area contributed by atoms with Crippen LogP contribution in [0.3, 0.4) is 0 Å². The molecule has 2 aromatic carbocycles. The average molecular weight is 365 g/mol. The lowest BCUT2D eigenvalue weighted by molar-refractivity contribution is -0.115. The third-order valence-electron chi connectivity index (χ3n) is 3.19. The van der Waals surface area contributed by atoms with Crippen LogP contribution in [0.15, 0.2) is 47.8 Å². The number of carbonyl (C=O) groups is 1. The number of amides is 1. The Hall–Kier alpha value is -2.31. The molecular formula is C17H11ClF2N2OS. The maximum atomic E-state index is 13.8. The summed E-state index contributed by atoms with van der Waals surface area (Å²) in [5.74, 6) is -1.43. The number of hydrogen-bond acceptors (Lipinski definition) is 3. The zero-order chi connectivity index (χ0) is 17.1. The fourth-order valence-electron chi connectivity index (χ4n) is 2.10. The Morgan fingerprint density at radius 2 is 2.00 bits per heavy atom. The molecule has 1 amide bonds. The van der Waals surface area contributed by atoms with Crippen LogP contribution in [0.5, 0.6) is 0 Å². The van der Waals surface area contributed by atoms with Crippen molar-refractivity contribution in [2.24, 2.45) is 0 Å². The number of nitrogens with zero attached hydrogens (tertiary/aromatic N) is 1. The molecule has 1 N–H and O–H groups in total. The molecule has 3 aromatic rings. The topological polar surface area (TPSA) is 42.0 Å².